The number of amides is 2. The Morgan fingerprint density at radius 1 is 1.13 bits per heavy atom. The van der Waals surface area contributed by atoms with Gasteiger partial charge in [-0.15, -0.1) is 0 Å². The van der Waals surface area contributed by atoms with Crippen molar-refractivity contribution < 1.29 is 23.9 Å². The maximum atomic E-state index is 12.5. The first-order chi connectivity index (χ1) is 10.5. The molecule has 7 nitrogen and oxygen atoms in total. The Balaban J connectivity index is 2.86. The highest BCUT2D eigenvalue weighted by molar-refractivity contribution is 6.02. The maximum absolute atomic E-state index is 12.5. The van der Waals surface area contributed by atoms with Crippen molar-refractivity contribution in [3.63, 3.8) is 0 Å². The van der Waals surface area contributed by atoms with Crippen molar-refractivity contribution >= 4 is 18.0 Å². The van der Waals surface area contributed by atoms with Crippen molar-refractivity contribution in [3.05, 3.63) is 0 Å². The molecule has 0 saturated carbocycles. The summed E-state index contributed by atoms with van der Waals surface area (Å²) in [5, 5.41) is 0. The van der Waals surface area contributed by atoms with E-state index in [9.17, 15) is 14.4 Å². The van der Waals surface area contributed by atoms with Crippen LogP contribution in [0.3, 0.4) is 0 Å². The van der Waals surface area contributed by atoms with Crippen molar-refractivity contribution in [2.24, 2.45) is 5.41 Å². The second kappa shape index (κ2) is 7.19. The van der Waals surface area contributed by atoms with E-state index in [1.165, 1.54) is 9.80 Å². The maximum Gasteiger partial charge on any atom is 0.410 e. The van der Waals surface area contributed by atoms with E-state index >= 15 is 0 Å². The molecule has 1 aliphatic heterocycles. The number of likely N-dealkylation sites (tertiary alicyclic amines) is 1. The molecule has 2 amide bonds. The predicted molar refractivity (Wildman–Crippen MR) is 84.8 cm³/mol. The molecule has 1 saturated heterocycles. The minimum atomic E-state index is -1.21. The lowest BCUT2D eigenvalue weighted by Gasteiger charge is -2.40. The van der Waals surface area contributed by atoms with Crippen molar-refractivity contribution in [1.29, 1.82) is 0 Å². The molecule has 0 aromatic heterocycles. The molecule has 0 atom stereocenters. The van der Waals surface area contributed by atoms with E-state index in [0.717, 1.165) is 0 Å². The smallest absolute Gasteiger partial charge is 0.410 e. The molecule has 7 heteroatoms. The van der Waals surface area contributed by atoms with E-state index in [1.54, 1.807) is 41.8 Å². The summed E-state index contributed by atoms with van der Waals surface area (Å²) >= 11 is 0. The van der Waals surface area contributed by atoms with Gasteiger partial charge in [-0.3, -0.25) is 9.59 Å². The standard InChI is InChI=1S/C16H28N2O5/c1-7-22-13(20)16(12(19)17(5)6)8-10-18(11-9-16)14(21)23-15(2,3)4/h7-11H2,1-6H3. The first kappa shape index (κ1) is 19.3. The lowest BCUT2D eigenvalue weighted by Crippen LogP contribution is -2.54. The van der Waals surface area contributed by atoms with Crippen LogP contribution in [0, 0.1) is 5.41 Å². The summed E-state index contributed by atoms with van der Waals surface area (Å²) in [7, 11) is 3.23. The number of hydrogen-bond donors (Lipinski definition) is 0. The average molecular weight is 328 g/mol. The fourth-order valence-corrected chi connectivity index (χ4v) is 2.60. The number of piperidine rings is 1. The van der Waals surface area contributed by atoms with Gasteiger partial charge < -0.3 is 19.3 Å². The van der Waals surface area contributed by atoms with E-state index in [4.69, 9.17) is 9.47 Å². The first-order valence-corrected chi connectivity index (χ1v) is 7.90. The number of ether oxygens (including phenoxy) is 2. The van der Waals surface area contributed by atoms with Crippen molar-refractivity contribution in [2.45, 2.75) is 46.1 Å². The van der Waals surface area contributed by atoms with E-state index in [2.05, 4.69) is 0 Å². The molecule has 1 aliphatic rings. The zero-order valence-electron chi connectivity index (χ0n) is 15.0. The SMILES string of the molecule is CCOC(=O)C1(C(=O)N(C)C)CCN(C(=O)OC(C)(C)C)CC1. The molecular weight excluding hydrogens is 300 g/mol. The van der Waals surface area contributed by atoms with Gasteiger partial charge in [-0.1, -0.05) is 0 Å². The van der Waals surface area contributed by atoms with Crippen LogP contribution in [0.1, 0.15) is 40.5 Å². The summed E-state index contributed by atoms with van der Waals surface area (Å²) in [6, 6.07) is 0. The van der Waals surface area contributed by atoms with Crippen molar-refractivity contribution in [2.75, 3.05) is 33.8 Å². The fraction of sp³-hybridized carbons (Fsp3) is 0.812. The molecule has 0 bridgehead atoms. The normalized spacial score (nSPS) is 17.4. The second-order valence-electron chi connectivity index (χ2n) is 6.97. The van der Waals surface area contributed by atoms with E-state index < -0.39 is 23.1 Å². The Morgan fingerprint density at radius 2 is 1.65 bits per heavy atom. The molecule has 0 aromatic carbocycles. The number of esters is 1. The fourth-order valence-electron chi connectivity index (χ4n) is 2.60. The van der Waals surface area contributed by atoms with Crippen molar-refractivity contribution in [1.82, 2.24) is 9.80 Å². The second-order valence-corrected chi connectivity index (χ2v) is 6.97. The average Bonchev–Trinajstić information content (AvgIpc) is 2.44. The van der Waals surface area contributed by atoms with Gasteiger partial charge in [-0.2, -0.15) is 0 Å². The molecular formula is C16H28N2O5. The van der Waals surface area contributed by atoms with Crippen LogP contribution in [-0.4, -0.2) is 67.2 Å². The zero-order valence-corrected chi connectivity index (χ0v) is 15.0. The summed E-state index contributed by atoms with van der Waals surface area (Å²) in [5.41, 5.74) is -1.79. The van der Waals surface area contributed by atoms with Crippen molar-refractivity contribution in [3.8, 4) is 0 Å². The quantitative estimate of drug-likeness (QED) is 0.582. The molecule has 0 N–H and O–H groups in total. The van der Waals surface area contributed by atoms with E-state index in [-0.39, 0.29) is 38.4 Å². The van der Waals surface area contributed by atoms with Gasteiger partial charge in [0.05, 0.1) is 6.61 Å². The van der Waals surface area contributed by atoms with Crippen LogP contribution in [0.5, 0.6) is 0 Å². The van der Waals surface area contributed by atoms with Crippen LogP contribution in [0.25, 0.3) is 0 Å². The highest BCUT2D eigenvalue weighted by Gasteiger charge is 2.50. The molecule has 1 heterocycles. The number of carbonyl (C=O) groups excluding carboxylic acids is 3. The van der Waals surface area contributed by atoms with Gasteiger partial charge in [0.25, 0.3) is 0 Å². The molecule has 23 heavy (non-hydrogen) atoms. The van der Waals surface area contributed by atoms with Crippen LogP contribution in [0.4, 0.5) is 4.79 Å². The molecule has 1 fully saturated rings. The third-order valence-corrected chi connectivity index (χ3v) is 3.75. The number of rotatable bonds is 3. The Kier molecular flexibility index (Phi) is 6.02. The predicted octanol–water partition coefficient (Wildman–Crippen LogP) is 1.65. The Hall–Kier alpha value is -1.79. The van der Waals surface area contributed by atoms with Gasteiger partial charge in [0, 0.05) is 27.2 Å². The molecule has 0 radical (unpaired) electrons. The molecule has 0 aliphatic carbocycles. The largest absolute Gasteiger partial charge is 0.465 e. The highest BCUT2D eigenvalue weighted by atomic mass is 16.6. The van der Waals surface area contributed by atoms with E-state index in [1.807, 2.05) is 0 Å². The van der Waals surface area contributed by atoms with Gasteiger partial charge in [0.2, 0.25) is 5.91 Å². The lowest BCUT2D eigenvalue weighted by molar-refractivity contribution is -0.167. The molecule has 132 valence electrons. The summed E-state index contributed by atoms with van der Waals surface area (Å²) in [6.07, 6.45) is 0.0525. The topological polar surface area (TPSA) is 76.2 Å². The molecule has 1 rings (SSSR count). The van der Waals surface area contributed by atoms with Gasteiger partial charge >= 0.3 is 12.1 Å². The third kappa shape index (κ3) is 4.59. The molecule has 0 spiro atoms. The van der Waals surface area contributed by atoms with Gasteiger partial charge in [-0.25, -0.2) is 4.79 Å². The Morgan fingerprint density at radius 3 is 2.04 bits per heavy atom. The lowest BCUT2D eigenvalue weighted by atomic mass is 9.77. The van der Waals surface area contributed by atoms with Crippen LogP contribution in [0.15, 0.2) is 0 Å². The third-order valence-electron chi connectivity index (χ3n) is 3.75. The molecule has 0 aromatic rings. The van der Waals surface area contributed by atoms with Crippen LogP contribution in [0.2, 0.25) is 0 Å². The summed E-state index contributed by atoms with van der Waals surface area (Å²) in [5.74, 6) is -0.790. The summed E-state index contributed by atoms with van der Waals surface area (Å²) in [6.45, 7) is 7.90. The van der Waals surface area contributed by atoms with Gasteiger partial charge in [0.15, 0.2) is 0 Å². The highest BCUT2D eigenvalue weighted by Crippen LogP contribution is 2.35. The minimum absolute atomic E-state index is 0.219. The van der Waals surface area contributed by atoms with Crippen LogP contribution < -0.4 is 0 Å². The summed E-state index contributed by atoms with van der Waals surface area (Å²) in [4.78, 5) is 40.0. The zero-order chi connectivity index (χ0) is 17.8. The number of hydrogen-bond acceptors (Lipinski definition) is 5. The van der Waals surface area contributed by atoms with E-state index in [0.29, 0.717) is 0 Å². The van der Waals surface area contributed by atoms with Gasteiger partial charge in [0.1, 0.15) is 11.0 Å². The Labute approximate surface area is 137 Å². The Bertz CT molecular complexity index is 460. The summed E-state index contributed by atoms with van der Waals surface area (Å²) < 4.78 is 10.4. The molecule has 0 unspecified atom stereocenters. The van der Waals surface area contributed by atoms with Gasteiger partial charge in [-0.05, 0) is 40.5 Å². The monoisotopic (exact) mass is 328 g/mol. The van der Waals surface area contributed by atoms with Crippen LogP contribution >= 0.6 is 0 Å². The first-order valence-electron chi connectivity index (χ1n) is 7.90. The van der Waals surface area contributed by atoms with Crippen LogP contribution in [-0.2, 0) is 19.1 Å². The number of carbonyl (C=O) groups is 3. The number of nitrogens with zero attached hydrogens (tertiary/aromatic N) is 2. The minimum Gasteiger partial charge on any atom is -0.465 e.